The third-order valence-corrected chi connectivity index (χ3v) is 5.41. The lowest BCUT2D eigenvalue weighted by atomic mass is 10.1. The zero-order valence-corrected chi connectivity index (χ0v) is 13.9. The Morgan fingerprint density at radius 3 is 2.81 bits per heavy atom. The van der Waals surface area contributed by atoms with Gasteiger partial charge in [-0.3, -0.25) is 0 Å². The molecule has 0 amide bonds. The summed E-state index contributed by atoms with van der Waals surface area (Å²) in [5, 5.41) is 9.96. The standard InChI is InChI=1S/C16H19NO2S2/c1-3-4-9-20-10-12-7-5-6-8-13(12)15-17-11(2)14(21-15)16(18)19/h5-8H,3-4,9-10H2,1-2H3,(H,18,19). The van der Waals surface area contributed by atoms with Crippen molar-refractivity contribution in [3.05, 3.63) is 40.4 Å². The first kappa shape index (κ1) is 16.0. The number of thiazole rings is 1. The lowest BCUT2D eigenvalue weighted by Gasteiger charge is -2.06. The molecule has 2 rings (SSSR count). The maximum atomic E-state index is 11.2. The normalized spacial score (nSPS) is 10.8. The fourth-order valence-corrected chi connectivity index (χ4v) is 4.07. The summed E-state index contributed by atoms with van der Waals surface area (Å²) in [5.41, 5.74) is 2.88. The number of aromatic carboxylic acids is 1. The number of carboxylic acids is 1. The molecule has 2 aromatic rings. The van der Waals surface area contributed by atoms with Gasteiger partial charge in [-0.05, 0) is 24.7 Å². The number of thioether (sulfide) groups is 1. The van der Waals surface area contributed by atoms with Gasteiger partial charge in [0.2, 0.25) is 0 Å². The van der Waals surface area contributed by atoms with E-state index < -0.39 is 5.97 Å². The van der Waals surface area contributed by atoms with E-state index in [-0.39, 0.29) is 0 Å². The van der Waals surface area contributed by atoms with Crippen LogP contribution in [-0.4, -0.2) is 21.8 Å². The van der Waals surface area contributed by atoms with Gasteiger partial charge >= 0.3 is 5.97 Å². The topological polar surface area (TPSA) is 50.2 Å². The molecular weight excluding hydrogens is 302 g/mol. The van der Waals surface area contributed by atoms with Gasteiger partial charge in [0.25, 0.3) is 0 Å². The third kappa shape index (κ3) is 4.08. The molecule has 0 spiro atoms. The van der Waals surface area contributed by atoms with E-state index in [1.807, 2.05) is 30.0 Å². The van der Waals surface area contributed by atoms with E-state index in [1.54, 1.807) is 6.92 Å². The molecule has 0 aliphatic rings. The fourth-order valence-electron chi connectivity index (χ4n) is 1.99. The molecule has 1 aromatic heterocycles. The Hall–Kier alpha value is -1.33. The zero-order valence-electron chi connectivity index (χ0n) is 12.3. The SMILES string of the molecule is CCCCSCc1ccccc1-c1nc(C)c(C(=O)O)s1. The number of hydrogen-bond donors (Lipinski definition) is 1. The summed E-state index contributed by atoms with van der Waals surface area (Å²) in [6, 6.07) is 8.13. The number of unbranched alkanes of at least 4 members (excludes halogenated alkanes) is 1. The summed E-state index contributed by atoms with van der Waals surface area (Å²) < 4.78 is 0. The van der Waals surface area contributed by atoms with E-state index in [9.17, 15) is 4.79 Å². The van der Waals surface area contributed by atoms with Crippen LogP contribution in [0.4, 0.5) is 0 Å². The maximum absolute atomic E-state index is 11.2. The van der Waals surface area contributed by atoms with Crippen LogP contribution in [0.25, 0.3) is 10.6 Å². The molecule has 0 aliphatic carbocycles. The second-order valence-electron chi connectivity index (χ2n) is 4.80. The predicted octanol–water partition coefficient (Wildman–Crippen LogP) is 4.85. The van der Waals surface area contributed by atoms with Gasteiger partial charge < -0.3 is 5.11 Å². The molecule has 0 fully saturated rings. The largest absolute Gasteiger partial charge is 0.477 e. The minimum absolute atomic E-state index is 0.332. The molecule has 21 heavy (non-hydrogen) atoms. The van der Waals surface area contributed by atoms with Crippen LogP contribution in [0.2, 0.25) is 0 Å². The van der Waals surface area contributed by atoms with E-state index in [1.165, 1.54) is 29.7 Å². The number of carbonyl (C=O) groups is 1. The summed E-state index contributed by atoms with van der Waals surface area (Å²) in [7, 11) is 0. The van der Waals surface area contributed by atoms with Crippen molar-refractivity contribution in [2.45, 2.75) is 32.4 Å². The Kier molecular flexibility index (Phi) is 5.82. The van der Waals surface area contributed by atoms with E-state index in [4.69, 9.17) is 5.11 Å². The molecule has 3 nitrogen and oxygen atoms in total. The second-order valence-corrected chi connectivity index (χ2v) is 6.91. The lowest BCUT2D eigenvalue weighted by Crippen LogP contribution is -1.94. The van der Waals surface area contributed by atoms with Gasteiger partial charge in [-0.15, -0.1) is 11.3 Å². The highest BCUT2D eigenvalue weighted by Crippen LogP contribution is 2.32. The average Bonchev–Trinajstić information content (AvgIpc) is 2.86. The van der Waals surface area contributed by atoms with Crippen molar-refractivity contribution < 1.29 is 9.90 Å². The minimum atomic E-state index is -0.897. The molecule has 112 valence electrons. The molecule has 5 heteroatoms. The highest BCUT2D eigenvalue weighted by Gasteiger charge is 2.16. The maximum Gasteiger partial charge on any atom is 0.347 e. The molecule has 0 saturated heterocycles. The number of aromatic nitrogens is 1. The van der Waals surface area contributed by atoms with E-state index >= 15 is 0 Å². The van der Waals surface area contributed by atoms with Gasteiger partial charge in [0.15, 0.2) is 0 Å². The first-order valence-electron chi connectivity index (χ1n) is 7.00. The summed E-state index contributed by atoms with van der Waals surface area (Å²) in [6.07, 6.45) is 2.44. The third-order valence-electron chi connectivity index (χ3n) is 3.14. The number of rotatable bonds is 7. The van der Waals surface area contributed by atoms with Crippen LogP contribution in [0.3, 0.4) is 0 Å². The van der Waals surface area contributed by atoms with Crippen molar-refractivity contribution in [2.24, 2.45) is 0 Å². The van der Waals surface area contributed by atoms with Crippen LogP contribution in [0.5, 0.6) is 0 Å². The number of carboxylic acid groups (broad SMARTS) is 1. The van der Waals surface area contributed by atoms with Crippen LogP contribution >= 0.6 is 23.1 Å². The second kappa shape index (κ2) is 7.61. The smallest absolute Gasteiger partial charge is 0.347 e. The molecule has 1 heterocycles. The van der Waals surface area contributed by atoms with Gasteiger partial charge in [-0.2, -0.15) is 11.8 Å². The Balaban J connectivity index is 2.23. The number of nitrogens with zero attached hydrogens (tertiary/aromatic N) is 1. The zero-order chi connectivity index (χ0) is 15.2. The highest BCUT2D eigenvalue weighted by atomic mass is 32.2. The molecule has 0 unspecified atom stereocenters. The molecule has 1 N–H and O–H groups in total. The van der Waals surface area contributed by atoms with Crippen molar-refractivity contribution in [2.75, 3.05) is 5.75 Å². The van der Waals surface area contributed by atoms with Crippen LogP contribution in [0, 0.1) is 6.92 Å². The molecule has 0 aliphatic heterocycles. The van der Waals surface area contributed by atoms with E-state index in [0.29, 0.717) is 10.6 Å². The van der Waals surface area contributed by atoms with Crippen LogP contribution < -0.4 is 0 Å². The van der Waals surface area contributed by atoms with Crippen molar-refractivity contribution in [3.63, 3.8) is 0 Å². The van der Waals surface area contributed by atoms with Crippen molar-refractivity contribution in [1.29, 1.82) is 0 Å². The van der Waals surface area contributed by atoms with Gasteiger partial charge in [0, 0.05) is 11.3 Å². The van der Waals surface area contributed by atoms with E-state index in [2.05, 4.69) is 18.0 Å². The average molecular weight is 321 g/mol. The summed E-state index contributed by atoms with van der Waals surface area (Å²) >= 11 is 3.18. The Bertz CT molecular complexity index is 622. The number of aryl methyl sites for hydroxylation is 1. The molecule has 0 bridgehead atoms. The first-order chi connectivity index (χ1) is 10.1. The molecule has 0 atom stereocenters. The molecule has 0 radical (unpaired) electrons. The summed E-state index contributed by atoms with van der Waals surface area (Å²) in [6.45, 7) is 3.95. The molecular formula is C16H19NO2S2. The van der Waals surface area contributed by atoms with Crippen LogP contribution in [0.1, 0.15) is 40.7 Å². The Morgan fingerprint density at radius 2 is 2.14 bits per heavy atom. The first-order valence-corrected chi connectivity index (χ1v) is 8.97. The van der Waals surface area contributed by atoms with Crippen molar-refractivity contribution in [1.82, 2.24) is 4.98 Å². The summed E-state index contributed by atoms with van der Waals surface area (Å²) in [4.78, 5) is 15.9. The minimum Gasteiger partial charge on any atom is -0.477 e. The van der Waals surface area contributed by atoms with Gasteiger partial charge in [0.1, 0.15) is 9.88 Å². The van der Waals surface area contributed by atoms with Crippen molar-refractivity contribution >= 4 is 29.1 Å². The fraction of sp³-hybridized carbons (Fsp3) is 0.375. The van der Waals surface area contributed by atoms with Crippen LogP contribution in [0.15, 0.2) is 24.3 Å². The highest BCUT2D eigenvalue weighted by molar-refractivity contribution is 7.98. The molecule has 0 saturated carbocycles. The van der Waals surface area contributed by atoms with Gasteiger partial charge in [0.05, 0.1) is 5.69 Å². The van der Waals surface area contributed by atoms with E-state index in [0.717, 1.165) is 22.1 Å². The Labute approximate surface area is 133 Å². The molecule has 1 aromatic carbocycles. The predicted molar refractivity (Wildman–Crippen MR) is 90.3 cm³/mol. The number of benzene rings is 1. The van der Waals surface area contributed by atoms with Gasteiger partial charge in [-0.1, -0.05) is 37.6 Å². The number of hydrogen-bond acceptors (Lipinski definition) is 4. The lowest BCUT2D eigenvalue weighted by molar-refractivity contribution is 0.0701. The van der Waals surface area contributed by atoms with Crippen molar-refractivity contribution in [3.8, 4) is 10.6 Å². The Morgan fingerprint density at radius 1 is 1.38 bits per heavy atom. The monoisotopic (exact) mass is 321 g/mol. The van der Waals surface area contributed by atoms with Crippen LogP contribution in [-0.2, 0) is 5.75 Å². The quantitative estimate of drug-likeness (QED) is 0.741. The summed E-state index contributed by atoms with van der Waals surface area (Å²) in [5.74, 6) is 1.20. The van der Waals surface area contributed by atoms with Gasteiger partial charge in [-0.25, -0.2) is 9.78 Å².